The number of carbonyl (C=O) groups is 1. The molecule has 1 saturated heterocycles. The van der Waals surface area contributed by atoms with Crippen molar-refractivity contribution < 1.29 is 22.4 Å². The number of hydrogen-bond donors (Lipinski definition) is 1. The predicted molar refractivity (Wildman–Crippen MR) is 96.3 cm³/mol. The fourth-order valence-corrected chi connectivity index (χ4v) is 4.14. The molecule has 28 heavy (non-hydrogen) atoms. The number of fused-ring (bicyclic) bond motifs is 1. The number of nitrogens with one attached hydrogen (secondary N) is 1. The summed E-state index contributed by atoms with van der Waals surface area (Å²) in [5.74, 6) is -0.682. The summed E-state index contributed by atoms with van der Waals surface area (Å²) in [7, 11) is 0. The lowest BCUT2D eigenvalue weighted by Crippen LogP contribution is -2.34. The third-order valence-electron chi connectivity index (χ3n) is 5.48. The Labute approximate surface area is 160 Å². The summed E-state index contributed by atoms with van der Waals surface area (Å²) in [6.07, 6.45) is -2.66. The number of benzene rings is 2. The van der Waals surface area contributed by atoms with Gasteiger partial charge in [-0.05, 0) is 66.3 Å². The number of likely N-dealkylation sites (tertiary alicyclic amines) is 1. The molecule has 0 bridgehead atoms. The molecule has 0 aromatic heterocycles. The first-order valence-corrected chi connectivity index (χ1v) is 9.29. The fraction of sp³-hybridized carbons (Fsp3) is 0.381. The van der Waals surface area contributed by atoms with Crippen molar-refractivity contribution in [2.45, 2.75) is 38.0 Å². The molecule has 2 aliphatic heterocycles. The molecule has 0 unspecified atom stereocenters. The molecule has 1 atom stereocenters. The maximum Gasteiger partial charge on any atom is 0.416 e. The molecule has 4 rings (SSSR count). The van der Waals surface area contributed by atoms with Crippen LogP contribution in [0.15, 0.2) is 36.4 Å². The van der Waals surface area contributed by atoms with E-state index in [1.807, 2.05) is 18.2 Å². The van der Waals surface area contributed by atoms with Gasteiger partial charge in [-0.3, -0.25) is 9.69 Å². The lowest BCUT2D eigenvalue weighted by molar-refractivity contribution is -0.137. The highest BCUT2D eigenvalue weighted by Gasteiger charge is 2.32. The molecular weight excluding hydrogens is 372 g/mol. The van der Waals surface area contributed by atoms with Crippen LogP contribution in [0.5, 0.6) is 0 Å². The Morgan fingerprint density at radius 3 is 2.75 bits per heavy atom. The molecule has 3 nitrogen and oxygen atoms in total. The number of nitrogens with zero attached hydrogens (tertiary/aromatic N) is 1. The van der Waals surface area contributed by atoms with Crippen LogP contribution in [-0.4, -0.2) is 23.9 Å². The minimum absolute atomic E-state index is 0.0570. The van der Waals surface area contributed by atoms with Crippen molar-refractivity contribution in [3.05, 3.63) is 70.0 Å². The van der Waals surface area contributed by atoms with Gasteiger partial charge in [0.1, 0.15) is 5.82 Å². The lowest BCUT2D eigenvalue weighted by atomic mass is 9.88. The van der Waals surface area contributed by atoms with E-state index in [9.17, 15) is 22.4 Å². The van der Waals surface area contributed by atoms with Crippen molar-refractivity contribution >= 4 is 5.91 Å². The van der Waals surface area contributed by atoms with Gasteiger partial charge in [0.05, 0.1) is 5.56 Å². The molecular formula is C21H20F4N2O. The predicted octanol–water partition coefficient (Wildman–Crippen LogP) is 4.47. The first-order valence-electron chi connectivity index (χ1n) is 9.29. The summed E-state index contributed by atoms with van der Waals surface area (Å²) in [6.45, 7) is 2.27. The number of amides is 1. The zero-order valence-electron chi connectivity index (χ0n) is 15.2. The molecule has 2 aliphatic rings. The molecule has 1 amide bonds. The van der Waals surface area contributed by atoms with Gasteiger partial charge in [-0.25, -0.2) is 4.39 Å². The minimum atomic E-state index is -4.56. The van der Waals surface area contributed by atoms with E-state index in [0.29, 0.717) is 30.3 Å². The van der Waals surface area contributed by atoms with Crippen LogP contribution in [0, 0.1) is 5.82 Å². The topological polar surface area (TPSA) is 32.3 Å². The van der Waals surface area contributed by atoms with Gasteiger partial charge in [0, 0.05) is 25.2 Å². The van der Waals surface area contributed by atoms with Gasteiger partial charge >= 0.3 is 6.18 Å². The molecule has 1 N–H and O–H groups in total. The largest absolute Gasteiger partial charge is 0.416 e. The number of alkyl halides is 3. The molecule has 0 aliphatic carbocycles. The van der Waals surface area contributed by atoms with E-state index in [0.717, 1.165) is 36.6 Å². The van der Waals surface area contributed by atoms with Crippen LogP contribution in [0.4, 0.5) is 17.6 Å². The average Bonchev–Trinajstić information content (AvgIpc) is 3.01. The summed E-state index contributed by atoms with van der Waals surface area (Å²) in [5.41, 5.74) is 2.20. The van der Waals surface area contributed by atoms with Crippen LogP contribution < -0.4 is 5.32 Å². The van der Waals surface area contributed by atoms with Crippen molar-refractivity contribution in [1.82, 2.24) is 10.2 Å². The summed E-state index contributed by atoms with van der Waals surface area (Å²) in [6, 6.07) is 8.58. The van der Waals surface area contributed by atoms with Gasteiger partial charge in [-0.1, -0.05) is 12.1 Å². The van der Waals surface area contributed by atoms with Crippen molar-refractivity contribution in [1.29, 1.82) is 0 Å². The number of halogens is 4. The maximum absolute atomic E-state index is 13.7. The molecule has 7 heteroatoms. The van der Waals surface area contributed by atoms with Crippen LogP contribution in [-0.2, 0) is 19.3 Å². The van der Waals surface area contributed by atoms with Crippen molar-refractivity contribution in [2.75, 3.05) is 13.1 Å². The second-order valence-corrected chi connectivity index (χ2v) is 7.52. The molecule has 2 heterocycles. The van der Waals surface area contributed by atoms with E-state index in [-0.39, 0.29) is 18.4 Å². The van der Waals surface area contributed by atoms with Crippen molar-refractivity contribution in [2.24, 2.45) is 0 Å². The normalized spacial score (nSPS) is 20.1. The molecule has 2 aromatic rings. The standard InChI is InChI=1S/C21H20F4N2O/c22-18-7-13(6-17(9-18)21(23,24)25)11-27-5-1-2-15(12-27)14-3-4-19-16(8-14)10-26-20(19)28/h3-4,6-9,15H,1-2,5,10-12H2,(H,26,28)/t15-/m1/s1. The van der Waals surface area contributed by atoms with Crippen LogP contribution in [0.3, 0.4) is 0 Å². The number of hydrogen-bond acceptors (Lipinski definition) is 2. The van der Waals surface area contributed by atoms with Crippen molar-refractivity contribution in [3.63, 3.8) is 0 Å². The van der Waals surface area contributed by atoms with Crippen LogP contribution >= 0.6 is 0 Å². The minimum Gasteiger partial charge on any atom is -0.348 e. The summed E-state index contributed by atoms with van der Waals surface area (Å²) in [5, 5.41) is 2.80. The van der Waals surface area contributed by atoms with Gasteiger partial charge in [0.2, 0.25) is 0 Å². The van der Waals surface area contributed by atoms with E-state index >= 15 is 0 Å². The number of piperidine rings is 1. The molecule has 148 valence electrons. The zero-order valence-corrected chi connectivity index (χ0v) is 15.2. The second-order valence-electron chi connectivity index (χ2n) is 7.52. The fourth-order valence-electron chi connectivity index (χ4n) is 4.14. The third-order valence-corrected chi connectivity index (χ3v) is 5.48. The van der Waals surface area contributed by atoms with E-state index in [1.54, 1.807) is 0 Å². The lowest BCUT2D eigenvalue weighted by Gasteiger charge is -2.33. The highest BCUT2D eigenvalue weighted by atomic mass is 19.4. The van der Waals surface area contributed by atoms with Crippen LogP contribution in [0.2, 0.25) is 0 Å². The Balaban J connectivity index is 1.49. The monoisotopic (exact) mass is 392 g/mol. The van der Waals surface area contributed by atoms with Gasteiger partial charge in [-0.15, -0.1) is 0 Å². The summed E-state index contributed by atoms with van der Waals surface area (Å²) in [4.78, 5) is 13.8. The Kier molecular flexibility index (Phi) is 4.87. The highest BCUT2D eigenvalue weighted by Crippen LogP contribution is 2.33. The van der Waals surface area contributed by atoms with Crippen LogP contribution in [0.1, 0.15) is 51.4 Å². The van der Waals surface area contributed by atoms with E-state index in [4.69, 9.17) is 0 Å². The molecule has 2 aromatic carbocycles. The second kappa shape index (κ2) is 7.20. The van der Waals surface area contributed by atoms with E-state index < -0.39 is 17.6 Å². The number of rotatable bonds is 3. The zero-order chi connectivity index (χ0) is 19.9. The summed E-state index contributed by atoms with van der Waals surface area (Å²) < 4.78 is 52.5. The van der Waals surface area contributed by atoms with Crippen molar-refractivity contribution in [3.8, 4) is 0 Å². The van der Waals surface area contributed by atoms with Crippen LogP contribution in [0.25, 0.3) is 0 Å². The first kappa shape index (κ1) is 18.9. The first-order chi connectivity index (χ1) is 13.3. The Morgan fingerprint density at radius 2 is 1.96 bits per heavy atom. The van der Waals surface area contributed by atoms with E-state index in [2.05, 4.69) is 10.2 Å². The smallest absolute Gasteiger partial charge is 0.348 e. The van der Waals surface area contributed by atoms with E-state index in [1.165, 1.54) is 6.07 Å². The molecule has 0 saturated carbocycles. The Morgan fingerprint density at radius 1 is 1.14 bits per heavy atom. The molecule has 0 spiro atoms. The maximum atomic E-state index is 13.7. The summed E-state index contributed by atoms with van der Waals surface area (Å²) >= 11 is 0. The van der Waals surface area contributed by atoms with Gasteiger partial charge < -0.3 is 5.32 Å². The third kappa shape index (κ3) is 3.90. The van der Waals surface area contributed by atoms with Gasteiger partial charge in [0.25, 0.3) is 5.91 Å². The average molecular weight is 392 g/mol. The Bertz CT molecular complexity index is 910. The van der Waals surface area contributed by atoms with Gasteiger partial charge in [-0.2, -0.15) is 13.2 Å². The Hall–Kier alpha value is -2.41. The number of carbonyl (C=O) groups excluding carboxylic acids is 1. The quantitative estimate of drug-likeness (QED) is 0.782. The molecule has 1 fully saturated rings. The van der Waals surface area contributed by atoms with Gasteiger partial charge in [0.15, 0.2) is 0 Å². The molecule has 0 radical (unpaired) electrons. The highest BCUT2D eigenvalue weighted by molar-refractivity contribution is 5.98. The SMILES string of the molecule is O=C1NCc2cc([C@@H]3CCCN(Cc4cc(F)cc(C(F)(F)F)c4)C3)ccc21.